The number of rotatable bonds is 4. The molecule has 21 heavy (non-hydrogen) atoms. The second kappa shape index (κ2) is 5.19. The fraction of sp³-hybridized carbons (Fsp3) is 0.417. The molecule has 0 aliphatic carbocycles. The zero-order valence-corrected chi connectivity index (χ0v) is 10.7. The molecule has 0 aliphatic heterocycles. The van der Waals surface area contributed by atoms with Crippen LogP contribution < -0.4 is 4.74 Å². The number of methoxy groups -OCH3 is 1. The predicted octanol–water partition coefficient (Wildman–Crippen LogP) is 4.02. The zero-order chi connectivity index (χ0) is 16.6. The molecule has 0 radical (unpaired) electrons. The lowest BCUT2D eigenvalue weighted by Gasteiger charge is -2.27. The third kappa shape index (κ3) is 2.81. The van der Waals surface area contributed by atoms with Gasteiger partial charge in [-0.05, 0) is 19.1 Å². The Balaban J connectivity index is 3.40. The first-order chi connectivity index (χ1) is 9.36. The molecule has 1 aromatic carbocycles. The second-order valence-electron chi connectivity index (χ2n) is 4.18. The van der Waals surface area contributed by atoms with E-state index in [1.54, 1.807) is 0 Å². The van der Waals surface area contributed by atoms with Gasteiger partial charge in [-0.15, -0.1) is 0 Å². The van der Waals surface area contributed by atoms with Crippen molar-refractivity contribution in [3.05, 3.63) is 29.3 Å². The van der Waals surface area contributed by atoms with Gasteiger partial charge in [-0.2, -0.15) is 30.7 Å². The van der Waals surface area contributed by atoms with Crippen LogP contribution in [0, 0.1) is 6.92 Å². The minimum absolute atomic E-state index is 0.213. The normalized spacial score (nSPS) is 13.2. The molecule has 2 nitrogen and oxygen atoms in total. The van der Waals surface area contributed by atoms with E-state index in [4.69, 9.17) is 0 Å². The summed E-state index contributed by atoms with van der Waals surface area (Å²) in [4.78, 5) is 11.5. The molecule has 1 rings (SSSR count). The first-order valence-electron chi connectivity index (χ1n) is 5.38. The molecule has 0 unspecified atom stereocenters. The quantitative estimate of drug-likeness (QED) is 0.619. The van der Waals surface area contributed by atoms with Crippen molar-refractivity contribution in [3.63, 3.8) is 0 Å². The number of Topliss-reactive ketones (excluding diaryl/α,β-unsaturated/α-hetero) is 1. The van der Waals surface area contributed by atoms with E-state index >= 15 is 0 Å². The Bertz CT molecular complexity index is 549. The van der Waals surface area contributed by atoms with Crippen molar-refractivity contribution in [1.29, 1.82) is 0 Å². The molecular formula is C12H9F7O2. The van der Waals surface area contributed by atoms with Gasteiger partial charge in [-0.25, -0.2) is 0 Å². The largest absolute Gasteiger partial charge is 0.496 e. The van der Waals surface area contributed by atoms with Crippen LogP contribution in [-0.4, -0.2) is 30.9 Å². The maximum atomic E-state index is 13.3. The molecular weight excluding hydrogens is 309 g/mol. The Morgan fingerprint density at radius 3 is 2.00 bits per heavy atom. The van der Waals surface area contributed by atoms with Gasteiger partial charge in [0.2, 0.25) is 5.78 Å². The fourth-order valence-corrected chi connectivity index (χ4v) is 1.49. The number of carbonyl (C=O) groups is 1. The number of halogens is 7. The molecule has 0 atom stereocenters. The van der Waals surface area contributed by atoms with Crippen LogP contribution in [-0.2, 0) is 0 Å². The molecule has 9 heteroatoms. The number of hydrogen-bond donors (Lipinski definition) is 0. The Kier molecular flexibility index (Phi) is 4.27. The van der Waals surface area contributed by atoms with Crippen molar-refractivity contribution < 1.29 is 40.3 Å². The molecule has 0 bridgehead atoms. The first-order valence-corrected chi connectivity index (χ1v) is 5.38. The van der Waals surface area contributed by atoms with Gasteiger partial charge in [0.1, 0.15) is 5.75 Å². The van der Waals surface area contributed by atoms with E-state index in [0.29, 0.717) is 0 Å². The highest BCUT2D eigenvalue weighted by atomic mass is 19.4. The fourth-order valence-electron chi connectivity index (χ4n) is 1.49. The van der Waals surface area contributed by atoms with E-state index in [1.807, 2.05) is 0 Å². The number of carbonyl (C=O) groups excluding carboxylic acids is 1. The highest BCUT2D eigenvalue weighted by Gasteiger charge is 2.76. The van der Waals surface area contributed by atoms with E-state index in [9.17, 15) is 35.5 Å². The maximum absolute atomic E-state index is 13.3. The molecule has 0 spiro atoms. The number of benzene rings is 1. The van der Waals surface area contributed by atoms with Gasteiger partial charge in [0.15, 0.2) is 0 Å². The predicted molar refractivity (Wildman–Crippen MR) is 58.0 cm³/mol. The van der Waals surface area contributed by atoms with Gasteiger partial charge >= 0.3 is 18.0 Å². The van der Waals surface area contributed by atoms with E-state index in [1.165, 1.54) is 13.0 Å². The molecule has 0 saturated heterocycles. The Hall–Kier alpha value is -1.80. The summed E-state index contributed by atoms with van der Waals surface area (Å²) < 4.78 is 93.1. The molecule has 0 aromatic heterocycles. The second-order valence-corrected chi connectivity index (χ2v) is 4.18. The average molecular weight is 318 g/mol. The number of ketones is 1. The van der Waals surface area contributed by atoms with Gasteiger partial charge in [0.05, 0.1) is 12.7 Å². The molecule has 0 N–H and O–H groups in total. The van der Waals surface area contributed by atoms with Crippen LogP contribution in [0.5, 0.6) is 5.75 Å². The third-order valence-corrected chi connectivity index (χ3v) is 2.64. The summed E-state index contributed by atoms with van der Waals surface area (Å²) in [6.45, 7) is 1.34. The van der Waals surface area contributed by atoms with Crippen molar-refractivity contribution in [2.75, 3.05) is 7.11 Å². The summed E-state index contributed by atoms with van der Waals surface area (Å²) in [7, 11) is 0.960. The summed E-state index contributed by atoms with van der Waals surface area (Å²) >= 11 is 0. The molecule has 0 fully saturated rings. The minimum atomic E-state index is -6.57. The van der Waals surface area contributed by atoms with Crippen LogP contribution >= 0.6 is 0 Å². The van der Waals surface area contributed by atoms with Crippen molar-refractivity contribution in [2.45, 2.75) is 24.9 Å². The summed E-state index contributed by atoms with van der Waals surface area (Å²) in [6.07, 6.45) is -6.57. The van der Waals surface area contributed by atoms with Crippen molar-refractivity contribution >= 4 is 5.78 Å². The van der Waals surface area contributed by atoms with Crippen molar-refractivity contribution in [2.24, 2.45) is 0 Å². The van der Waals surface area contributed by atoms with Gasteiger partial charge in [0, 0.05) is 0 Å². The van der Waals surface area contributed by atoms with Crippen LogP contribution in [0.25, 0.3) is 0 Å². The van der Waals surface area contributed by atoms with Crippen molar-refractivity contribution in [1.82, 2.24) is 0 Å². The van der Waals surface area contributed by atoms with E-state index in [0.717, 1.165) is 19.2 Å². The molecule has 0 amide bonds. The third-order valence-electron chi connectivity index (χ3n) is 2.64. The number of ether oxygens (including phenoxy) is 1. The van der Waals surface area contributed by atoms with Gasteiger partial charge in [0.25, 0.3) is 0 Å². The van der Waals surface area contributed by atoms with Crippen LogP contribution in [0.2, 0.25) is 0 Å². The molecule has 1 aromatic rings. The standard InChI is InChI=1S/C12H9F7O2/c1-6-3-4-8(21-2)7(5-6)9(20)10(13,14)11(15,16)12(17,18)19/h3-5H,1-2H3. The number of alkyl halides is 7. The molecule has 0 saturated carbocycles. The smallest absolute Gasteiger partial charge is 0.460 e. The van der Waals surface area contributed by atoms with Crippen molar-refractivity contribution in [3.8, 4) is 5.75 Å². The molecule has 118 valence electrons. The minimum Gasteiger partial charge on any atom is -0.496 e. The lowest BCUT2D eigenvalue weighted by molar-refractivity contribution is -0.339. The Labute approximate surface area is 114 Å². The van der Waals surface area contributed by atoms with E-state index in [-0.39, 0.29) is 5.56 Å². The number of aryl methyl sites for hydroxylation is 1. The zero-order valence-electron chi connectivity index (χ0n) is 10.7. The Morgan fingerprint density at radius 2 is 1.57 bits per heavy atom. The first kappa shape index (κ1) is 17.3. The van der Waals surface area contributed by atoms with E-state index in [2.05, 4.69) is 4.74 Å². The van der Waals surface area contributed by atoms with Crippen LogP contribution in [0.3, 0.4) is 0 Å². The van der Waals surface area contributed by atoms with Gasteiger partial charge in [-0.3, -0.25) is 4.79 Å². The summed E-state index contributed by atoms with van der Waals surface area (Å²) in [5.41, 5.74) is -0.836. The topological polar surface area (TPSA) is 26.3 Å². The Morgan fingerprint density at radius 1 is 1.05 bits per heavy atom. The highest BCUT2D eigenvalue weighted by molar-refractivity contribution is 6.04. The van der Waals surface area contributed by atoms with Gasteiger partial charge in [-0.1, -0.05) is 11.6 Å². The molecule has 0 heterocycles. The molecule has 0 aliphatic rings. The average Bonchev–Trinajstić information content (AvgIpc) is 2.36. The van der Waals surface area contributed by atoms with Crippen LogP contribution in [0.4, 0.5) is 30.7 Å². The SMILES string of the molecule is COc1ccc(C)cc1C(=O)C(F)(F)C(F)(F)C(F)(F)F. The maximum Gasteiger partial charge on any atom is 0.460 e. The number of hydrogen-bond acceptors (Lipinski definition) is 2. The summed E-state index contributed by atoms with van der Waals surface area (Å²) in [5, 5.41) is 0. The monoisotopic (exact) mass is 318 g/mol. The highest BCUT2D eigenvalue weighted by Crippen LogP contribution is 2.48. The lowest BCUT2D eigenvalue weighted by atomic mass is 9.97. The lowest BCUT2D eigenvalue weighted by Crippen LogP contribution is -2.56. The summed E-state index contributed by atoms with van der Waals surface area (Å²) in [5.74, 6) is -15.6. The van der Waals surface area contributed by atoms with E-state index < -0.39 is 35.1 Å². The summed E-state index contributed by atoms with van der Waals surface area (Å²) in [6, 6.07) is 3.08. The van der Waals surface area contributed by atoms with Crippen LogP contribution in [0.1, 0.15) is 15.9 Å². The van der Waals surface area contributed by atoms with Crippen LogP contribution in [0.15, 0.2) is 18.2 Å². The van der Waals surface area contributed by atoms with Gasteiger partial charge < -0.3 is 4.74 Å².